The lowest BCUT2D eigenvalue weighted by Crippen LogP contribution is -2.31. The molecule has 0 bridgehead atoms. The van der Waals surface area contributed by atoms with E-state index < -0.39 is 10.0 Å². The summed E-state index contributed by atoms with van der Waals surface area (Å²) < 4.78 is 41.0. The number of aromatic nitrogens is 1. The monoisotopic (exact) mass is 418 g/mol. The molecule has 1 atom stereocenters. The van der Waals surface area contributed by atoms with Crippen LogP contribution in [0.5, 0.6) is 0 Å². The van der Waals surface area contributed by atoms with Crippen molar-refractivity contribution in [2.75, 3.05) is 6.54 Å². The van der Waals surface area contributed by atoms with Gasteiger partial charge in [-0.05, 0) is 52.5 Å². The number of benzene rings is 1. The fraction of sp³-hybridized carbons (Fsp3) is 0.267. The maximum atomic E-state index is 13.1. The molecule has 0 spiro atoms. The van der Waals surface area contributed by atoms with Gasteiger partial charge in [0, 0.05) is 17.2 Å². The van der Waals surface area contributed by atoms with Crippen LogP contribution in [0, 0.1) is 5.82 Å². The molecule has 0 amide bonds. The highest BCUT2D eigenvalue weighted by atomic mass is 79.9. The van der Waals surface area contributed by atoms with Gasteiger partial charge in [-0.25, -0.2) is 17.8 Å². The molecule has 2 heterocycles. The lowest BCUT2D eigenvalue weighted by atomic mass is 10.1. The molecule has 0 radical (unpaired) electrons. The molecule has 122 valence electrons. The molecule has 3 rings (SSSR count). The van der Waals surface area contributed by atoms with Gasteiger partial charge < -0.3 is 0 Å². The molecule has 4 nitrogen and oxygen atoms in total. The van der Waals surface area contributed by atoms with Gasteiger partial charge in [-0.15, -0.1) is 0 Å². The highest BCUT2D eigenvalue weighted by Crippen LogP contribution is 2.38. The van der Waals surface area contributed by atoms with E-state index in [1.807, 2.05) is 0 Å². The van der Waals surface area contributed by atoms with Crippen LogP contribution in [0.3, 0.4) is 0 Å². The summed E-state index contributed by atoms with van der Waals surface area (Å²) in [4.78, 5) is 3.86. The normalized spacial score (nSPS) is 19.2. The average Bonchev–Trinajstić information content (AvgIpc) is 3.00. The lowest BCUT2D eigenvalue weighted by molar-refractivity contribution is 0.396. The number of pyridine rings is 1. The molecular weight excluding hydrogens is 407 g/mol. The van der Waals surface area contributed by atoms with Crippen LogP contribution >= 0.6 is 27.5 Å². The molecule has 1 unspecified atom stereocenters. The van der Waals surface area contributed by atoms with Crippen LogP contribution in [0.2, 0.25) is 5.15 Å². The molecule has 1 aromatic heterocycles. The first-order valence-corrected chi connectivity index (χ1v) is 9.59. The van der Waals surface area contributed by atoms with E-state index in [-0.39, 0.29) is 21.9 Å². The Morgan fingerprint density at radius 1 is 1.30 bits per heavy atom. The fourth-order valence-electron chi connectivity index (χ4n) is 2.76. The second-order valence-corrected chi connectivity index (χ2v) is 8.40. The molecular formula is C15H13BrClFN2O2S. The lowest BCUT2D eigenvalue weighted by Gasteiger charge is -2.24. The minimum absolute atomic E-state index is 0.0254. The van der Waals surface area contributed by atoms with Gasteiger partial charge in [-0.3, -0.25) is 0 Å². The topological polar surface area (TPSA) is 50.3 Å². The largest absolute Gasteiger partial charge is 0.246 e. The Hall–Kier alpha value is -1.02. The second-order valence-electron chi connectivity index (χ2n) is 5.27. The molecule has 1 aliphatic heterocycles. The molecule has 0 saturated carbocycles. The van der Waals surface area contributed by atoms with E-state index in [2.05, 4.69) is 20.9 Å². The quantitative estimate of drug-likeness (QED) is 0.702. The minimum Gasteiger partial charge on any atom is -0.242 e. The first-order chi connectivity index (χ1) is 10.9. The Morgan fingerprint density at radius 3 is 2.70 bits per heavy atom. The van der Waals surface area contributed by atoms with Crippen LogP contribution in [0.15, 0.2) is 45.9 Å². The Labute approximate surface area is 147 Å². The number of rotatable bonds is 3. The summed E-state index contributed by atoms with van der Waals surface area (Å²) in [5.41, 5.74) is 0.770. The van der Waals surface area contributed by atoms with Gasteiger partial charge in [-0.2, -0.15) is 4.31 Å². The average molecular weight is 420 g/mol. The molecule has 1 aliphatic rings. The van der Waals surface area contributed by atoms with E-state index in [9.17, 15) is 12.8 Å². The number of halogens is 3. The Morgan fingerprint density at radius 2 is 2.00 bits per heavy atom. The zero-order chi connectivity index (χ0) is 16.6. The zero-order valence-electron chi connectivity index (χ0n) is 11.9. The van der Waals surface area contributed by atoms with Gasteiger partial charge in [0.25, 0.3) is 0 Å². The Bertz CT molecular complexity index is 830. The minimum atomic E-state index is -3.78. The summed E-state index contributed by atoms with van der Waals surface area (Å²) in [5, 5.41) is -0.0574. The van der Waals surface area contributed by atoms with E-state index in [0.29, 0.717) is 17.4 Å². The van der Waals surface area contributed by atoms with Gasteiger partial charge in [0.1, 0.15) is 15.9 Å². The first-order valence-electron chi connectivity index (χ1n) is 6.98. The van der Waals surface area contributed by atoms with Crippen LogP contribution < -0.4 is 0 Å². The predicted octanol–water partition coefficient (Wildman–Crippen LogP) is 4.16. The van der Waals surface area contributed by atoms with Crippen molar-refractivity contribution in [3.63, 3.8) is 0 Å². The summed E-state index contributed by atoms with van der Waals surface area (Å²) in [7, 11) is -3.78. The molecule has 23 heavy (non-hydrogen) atoms. The van der Waals surface area contributed by atoms with Crippen LogP contribution in [-0.2, 0) is 10.0 Å². The number of hydrogen-bond acceptors (Lipinski definition) is 3. The van der Waals surface area contributed by atoms with Crippen LogP contribution in [0.25, 0.3) is 0 Å². The summed E-state index contributed by atoms with van der Waals surface area (Å²) in [6.07, 6.45) is 2.87. The highest BCUT2D eigenvalue weighted by Gasteiger charge is 2.37. The second kappa shape index (κ2) is 6.47. The fourth-order valence-corrected chi connectivity index (χ4v) is 5.36. The van der Waals surface area contributed by atoms with E-state index >= 15 is 0 Å². The molecule has 0 aliphatic carbocycles. The van der Waals surface area contributed by atoms with Crippen LogP contribution in [-0.4, -0.2) is 24.3 Å². The van der Waals surface area contributed by atoms with Crippen molar-refractivity contribution in [1.82, 2.24) is 9.29 Å². The van der Waals surface area contributed by atoms with Crippen LogP contribution in [0.4, 0.5) is 4.39 Å². The highest BCUT2D eigenvalue weighted by molar-refractivity contribution is 9.10. The maximum Gasteiger partial charge on any atom is 0.246 e. The van der Waals surface area contributed by atoms with Gasteiger partial charge >= 0.3 is 0 Å². The van der Waals surface area contributed by atoms with Crippen molar-refractivity contribution in [3.05, 3.63) is 57.5 Å². The van der Waals surface area contributed by atoms with Crippen molar-refractivity contribution in [3.8, 4) is 0 Å². The van der Waals surface area contributed by atoms with Crippen molar-refractivity contribution >= 4 is 37.6 Å². The van der Waals surface area contributed by atoms with Crippen molar-refractivity contribution < 1.29 is 12.8 Å². The molecule has 1 fully saturated rings. The molecule has 1 aromatic carbocycles. The summed E-state index contributed by atoms with van der Waals surface area (Å²) in [6, 6.07) is 7.04. The molecule has 2 aromatic rings. The van der Waals surface area contributed by atoms with Crippen molar-refractivity contribution in [2.45, 2.75) is 23.8 Å². The third kappa shape index (κ3) is 3.28. The Kier molecular flexibility index (Phi) is 4.73. The van der Waals surface area contributed by atoms with E-state index in [4.69, 9.17) is 11.6 Å². The zero-order valence-corrected chi connectivity index (χ0v) is 15.1. The maximum absolute atomic E-state index is 13.1. The summed E-state index contributed by atoms with van der Waals surface area (Å²) in [5.74, 6) is -0.347. The van der Waals surface area contributed by atoms with Gasteiger partial charge in [0.2, 0.25) is 10.0 Å². The van der Waals surface area contributed by atoms with E-state index in [1.165, 1.54) is 28.7 Å². The number of nitrogens with zero attached hydrogens (tertiary/aromatic N) is 2. The summed E-state index contributed by atoms with van der Waals surface area (Å²) >= 11 is 9.21. The van der Waals surface area contributed by atoms with Crippen molar-refractivity contribution in [1.29, 1.82) is 0 Å². The van der Waals surface area contributed by atoms with Crippen molar-refractivity contribution in [2.24, 2.45) is 0 Å². The van der Waals surface area contributed by atoms with Gasteiger partial charge in [0.15, 0.2) is 0 Å². The standard InChI is InChI=1S/C15H13BrClFN2O2S/c16-11-8-14(15(17)19-9-11)23(21,22)20-7-1-2-13(20)10-3-5-12(18)6-4-10/h3-6,8-9,13H,1-2,7H2. The predicted molar refractivity (Wildman–Crippen MR) is 89.2 cm³/mol. The Balaban J connectivity index is 2.01. The molecule has 8 heteroatoms. The van der Waals surface area contributed by atoms with Gasteiger partial charge in [-0.1, -0.05) is 23.7 Å². The summed E-state index contributed by atoms with van der Waals surface area (Å²) in [6.45, 7) is 0.396. The van der Waals surface area contributed by atoms with Gasteiger partial charge in [0.05, 0.1) is 6.04 Å². The first kappa shape index (κ1) is 16.8. The third-order valence-electron chi connectivity index (χ3n) is 3.82. The molecule has 1 saturated heterocycles. The number of hydrogen-bond donors (Lipinski definition) is 0. The number of sulfonamides is 1. The third-order valence-corrected chi connectivity index (χ3v) is 6.59. The van der Waals surface area contributed by atoms with E-state index in [1.54, 1.807) is 12.1 Å². The SMILES string of the molecule is O=S(=O)(c1cc(Br)cnc1Cl)N1CCCC1c1ccc(F)cc1. The molecule has 0 N–H and O–H groups in total. The van der Waals surface area contributed by atoms with E-state index in [0.717, 1.165) is 12.0 Å². The smallest absolute Gasteiger partial charge is 0.242 e. The van der Waals surface area contributed by atoms with Crippen LogP contribution in [0.1, 0.15) is 24.4 Å².